The number of rotatable bonds is 3. The van der Waals surface area contributed by atoms with Crippen LogP contribution in [0.25, 0.3) is 10.2 Å². The molecule has 0 bridgehead atoms. The largest absolute Gasteiger partial charge is 0.361 e. The lowest BCUT2D eigenvalue weighted by Gasteiger charge is -2.21. The highest BCUT2D eigenvalue weighted by Crippen LogP contribution is 2.29. The molecular weight excluding hydrogens is 328 g/mol. The summed E-state index contributed by atoms with van der Waals surface area (Å²) in [5.74, 6) is 3.46. The summed E-state index contributed by atoms with van der Waals surface area (Å²) in [6, 6.07) is 6.27. The van der Waals surface area contributed by atoms with E-state index >= 15 is 0 Å². The number of benzene rings is 1. The molecule has 2 heterocycles. The molecule has 0 spiro atoms. The zero-order valence-corrected chi connectivity index (χ0v) is 13.2. The molecule has 1 saturated heterocycles. The molecule has 0 aliphatic carbocycles. The SMILES string of the molecule is Brc1ccc2sc(NCC3CCSCC3)nc2c1. The highest BCUT2D eigenvalue weighted by Gasteiger charge is 2.14. The van der Waals surface area contributed by atoms with E-state index in [4.69, 9.17) is 0 Å². The first-order chi connectivity index (χ1) is 8.81. The van der Waals surface area contributed by atoms with E-state index in [2.05, 4.69) is 56.2 Å². The lowest BCUT2D eigenvalue weighted by atomic mass is 10.0. The molecule has 5 heteroatoms. The summed E-state index contributed by atoms with van der Waals surface area (Å²) >= 11 is 7.31. The Morgan fingerprint density at radius 1 is 1.33 bits per heavy atom. The van der Waals surface area contributed by atoms with Crippen LogP contribution in [-0.4, -0.2) is 23.0 Å². The van der Waals surface area contributed by atoms with E-state index < -0.39 is 0 Å². The monoisotopic (exact) mass is 342 g/mol. The van der Waals surface area contributed by atoms with Gasteiger partial charge in [-0.15, -0.1) is 0 Å². The van der Waals surface area contributed by atoms with Crippen molar-refractivity contribution in [1.82, 2.24) is 4.98 Å². The van der Waals surface area contributed by atoms with Gasteiger partial charge in [-0.1, -0.05) is 27.3 Å². The summed E-state index contributed by atoms with van der Waals surface area (Å²) in [4.78, 5) is 4.63. The lowest BCUT2D eigenvalue weighted by molar-refractivity contribution is 0.516. The van der Waals surface area contributed by atoms with Crippen molar-refractivity contribution in [2.45, 2.75) is 12.8 Å². The third-order valence-electron chi connectivity index (χ3n) is 3.23. The Morgan fingerprint density at radius 2 is 2.17 bits per heavy atom. The highest BCUT2D eigenvalue weighted by molar-refractivity contribution is 9.10. The van der Waals surface area contributed by atoms with Crippen LogP contribution in [0.2, 0.25) is 0 Å². The normalized spacial score (nSPS) is 17.2. The minimum absolute atomic E-state index is 0.824. The molecule has 1 aliphatic heterocycles. The van der Waals surface area contributed by atoms with E-state index in [0.717, 1.165) is 27.6 Å². The number of hydrogen-bond donors (Lipinski definition) is 1. The number of aromatic nitrogens is 1. The van der Waals surface area contributed by atoms with Gasteiger partial charge in [-0.3, -0.25) is 0 Å². The Bertz CT molecular complexity index is 535. The summed E-state index contributed by atoms with van der Waals surface area (Å²) in [5, 5.41) is 4.56. The molecule has 1 aromatic heterocycles. The van der Waals surface area contributed by atoms with Crippen LogP contribution in [0.4, 0.5) is 5.13 Å². The van der Waals surface area contributed by atoms with Crippen LogP contribution in [0.15, 0.2) is 22.7 Å². The van der Waals surface area contributed by atoms with E-state index in [1.54, 1.807) is 11.3 Å². The second-order valence-electron chi connectivity index (χ2n) is 4.57. The lowest BCUT2D eigenvalue weighted by Crippen LogP contribution is -2.18. The van der Waals surface area contributed by atoms with Crippen molar-refractivity contribution in [2.75, 3.05) is 23.4 Å². The van der Waals surface area contributed by atoms with Crippen LogP contribution in [-0.2, 0) is 0 Å². The zero-order valence-electron chi connectivity index (χ0n) is 9.99. The number of thiazole rings is 1. The summed E-state index contributed by atoms with van der Waals surface area (Å²) in [7, 11) is 0. The van der Waals surface area contributed by atoms with E-state index in [9.17, 15) is 0 Å². The van der Waals surface area contributed by atoms with E-state index in [0.29, 0.717) is 0 Å². The fraction of sp³-hybridized carbons (Fsp3) is 0.462. The number of nitrogens with zero attached hydrogens (tertiary/aromatic N) is 1. The van der Waals surface area contributed by atoms with Gasteiger partial charge in [0, 0.05) is 11.0 Å². The van der Waals surface area contributed by atoms with Crippen molar-refractivity contribution in [3.05, 3.63) is 22.7 Å². The Hall–Kier alpha value is -0.260. The van der Waals surface area contributed by atoms with Gasteiger partial charge in [0.25, 0.3) is 0 Å². The number of hydrogen-bond acceptors (Lipinski definition) is 4. The molecule has 96 valence electrons. The van der Waals surface area contributed by atoms with Crippen molar-refractivity contribution >= 4 is 54.4 Å². The number of anilines is 1. The van der Waals surface area contributed by atoms with Crippen molar-refractivity contribution in [3.8, 4) is 0 Å². The first-order valence-corrected chi connectivity index (χ1v) is 8.95. The van der Waals surface area contributed by atoms with Crippen molar-refractivity contribution in [3.63, 3.8) is 0 Å². The maximum Gasteiger partial charge on any atom is 0.183 e. The molecule has 1 aromatic carbocycles. The second-order valence-corrected chi connectivity index (χ2v) is 7.74. The molecule has 1 fully saturated rings. The fourth-order valence-corrected chi connectivity index (χ4v) is 4.56. The van der Waals surface area contributed by atoms with E-state index in [1.807, 2.05) is 0 Å². The van der Waals surface area contributed by atoms with Crippen LogP contribution >= 0.6 is 39.0 Å². The third kappa shape index (κ3) is 3.00. The van der Waals surface area contributed by atoms with Crippen molar-refractivity contribution in [2.24, 2.45) is 5.92 Å². The summed E-state index contributed by atoms with van der Waals surface area (Å²) in [6.45, 7) is 1.07. The quantitative estimate of drug-likeness (QED) is 0.881. The minimum Gasteiger partial charge on any atom is -0.361 e. The average Bonchev–Trinajstić information content (AvgIpc) is 2.79. The van der Waals surface area contributed by atoms with Crippen LogP contribution in [0, 0.1) is 5.92 Å². The molecule has 2 nitrogen and oxygen atoms in total. The van der Waals surface area contributed by atoms with Crippen LogP contribution in [0.1, 0.15) is 12.8 Å². The van der Waals surface area contributed by atoms with Gasteiger partial charge < -0.3 is 5.32 Å². The molecule has 2 aromatic rings. The molecule has 1 N–H and O–H groups in total. The Balaban J connectivity index is 1.67. The number of nitrogens with one attached hydrogen (secondary N) is 1. The van der Waals surface area contributed by atoms with Gasteiger partial charge in [-0.2, -0.15) is 11.8 Å². The molecule has 0 unspecified atom stereocenters. The molecule has 0 atom stereocenters. The third-order valence-corrected chi connectivity index (χ3v) is 5.77. The standard InChI is InChI=1S/C13H15BrN2S2/c14-10-1-2-12-11(7-10)16-13(18-12)15-8-9-3-5-17-6-4-9/h1-2,7,9H,3-6,8H2,(H,15,16). The summed E-state index contributed by atoms with van der Waals surface area (Å²) in [6.07, 6.45) is 2.68. The number of fused-ring (bicyclic) bond motifs is 1. The Morgan fingerprint density at radius 3 is 3.00 bits per heavy atom. The first-order valence-electron chi connectivity index (χ1n) is 6.19. The van der Waals surface area contributed by atoms with Gasteiger partial charge in [0.2, 0.25) is 0 Å². The fourth-order valence-electron chi connectivity index (χ4n) is 2.16. The van der Waals surface area contributed by atoms with Gasteiger partial charge >= 0.3 is 0 Å². The first kappa shape index (κ1) is 12.8. The Kier molecular flexibility index (Phi) is 4.11. The second kappa shape index (κ2) is 5.80. The van der Waals surface area contributed by atoms with Crippen LogP contribution < -0.4 is 5.32 Å². The molecular formula is C13H15BrN2S2. The average molecular weight is 343 g/mol. The smallest absolute Gasteiger partial charge is 0.183 e. The molecule has 3 rings (SSSR count). The molecule has 0 saturated carbocycles. The summed E-state index contributed by atoms with van der Waals surface area (Å²) in [5.41, 5.74) is 1.08. The number of halogens is 1. The van der Waals surface area contributed by atoms with Gasteiger partial charge in [0.05, 0.1) is 10.2 Å². The van der Waals surface area contributed by atoms with E-state index in [-0.39, 0.29) is 0 Å². The minimum atomic E-state index is 0.824. The van der Waals surface area contributed by atoms with Gasteiger partial charge in [-0.25, -0.2) is 4.98 Å². The van der Waals surface area contributed by atoms with Crippen LogP contribution in [0.5, 0.6) is 0 Å². The summed E-state index contributed by atoms with van der Waals surface area (Å²) < 4.78 is 2.34. The zero-order chi connectivity index (χ0) is 12.4. The van der Waals surface area contributed by atoms with Crippen LogP contribution in [0.3, 0.4) is 0 Å². The molecule has 18 heavy (non-hydrogen) atoms. The predicted molar refractivity (Wildman–Crippen MR) is 85.9 cm³/mol. The highest BCUT2D eigenvalue weighted by atomic mass is 79.9. The maximum absolute atomic E-state index is 4.63. The van der Waals surface area contributed by atoms with Gasteiger partial charge in [-0.05, 0) is 48.5 Å². The molecule has 0 amide bonds. The molecule has 1 aliphatic rings. The van der Waals surface area contributed by atoms with Crippen molar-refractivity contribution in [1.29, 1.82) is 0 Å². The molecule has 0 radical (unpaired) electrons. The van der Waals surface area contributed by atoms with Crippen molar-refractivity contribution < 1.29 is 0 Å². The predicted octanol–water partition coefficient (Wildman–Crippen LogP) is 4.61. The maximum atomic E-state index is 4.63. The van der Waals surface area contributed by atoms with E-state index in [1.165, 1.54) is 29.0 Å². The van der Waals surface area contributed by atoms with Gasteiger partial charge in [0.15, 0.2) is 5.13 Å². The van der Waals surface area contributed by atoms with Gasteiger partial charge in [0.1, 0.15) is 0 Å². The Labute approximate surface area is 124 Å². The number of thioether (sulfide) groups is 1. The topological polar surface area (TPSA) is 24.9 Å².